The normalized spacial score (nSPS) is 13.6. The number of nitrogens with zero attached hydrogens (tertiary/aromatic N) is 3. The second kappa shape index (κ2) is 11.6. The number of furan rings is 1. The Bertz CT molecular complexity index is 3320. The summed E-state index contributed by atoms with van der Waals surface area (Å²) in [6.45, 7) is 0. The van der Waals surface area contributed by atoms with E-state index in [1.807, 2.05) is 12.1 Å². The molecule has 0 bridgehead atoms. The lowest BCUT2D eigenvalue weighted by Crippen LogP contribution is -2.03. The minimum atomic E-state index is 0.0875. The van der Waals surface area contributed by atoms with Gasteiger partial charge in [0.1, 0.15) is 5.58 Å². The Labute approximate surface area is 316 Å². The van der Waals surface area contributed by atoms with Gasteiger partial charge >= 0.3 is 0 Å². The molecule has 4 heteroatoms. The number of fused-ring (bicyclic) bond motifs is 11. The molecule has 1 atom stereocenters. The van der Waals surface area contributed by atoms with Crippen LogP contribution in [0.15, 0.2) is 186 Å². The summed E-state index contributed by atoms with van der Waals surface area (Å²) in [5, 5.41) is 5.51. The summed E-state index contributed by atoms with van der Waals surface area (Å²) >= 11 is 0. The highest BCUT2D eigenvalue weighted by atomic mass is 16.3. The van der Waals surface area contributed by atoms with Crippen molar-refractivity contribution in [2.75, 3.05) is 0 Å². The molecule has 11 aromatic rings. The van der Waals surface area contributed by atoms with Crippen LogP contribution in [-0.2, 0) is 0 Å². The van der Waals surface area contributed by atoms with Crippen molar-refractivity contribution in [3.63, 3.8) is 0 Å². The zero-order valence-corrected chi connectivity index (χ0v) is 29.6. The predicted octanol–water partition coefficient (Wildman–Crippen LogP) is 13.1. The highest BCUT2D eigenvalue weighted by Crippen LogP contribution is 2.53. The Balaban J connectivity index is 1.16. The molecule has 1 aliphatic rings. The first-order chi connectivity index (χ1) is 27.3. The first kappa shape index (κ1) is 30.2. The second-order valence-corrected chi connectivity index (χ2v) is 14.4. The van der Waals surface area contributed by atoms with E-state index in [0.717, 1.165) is 60.9 Å². The number of rotatable bonds is 4. The molecule has 0 saturated carbocycles. The van der Waals surface area contributed by atoms with Crippen LogP contribution in [0.4, 0.5) is 0 Å². The van der Waals surface area contributed by atoms with Crippen molar-refractivity contribution in [3.8, 4) is 39.5 Å². The third-order valence-corrected chi connectivity index (χ3v) is 11.5. The molecule has 4 nitrogen and oxygen atoms in total. The lowest BCUT2D eigenvalue weighted by atomic mass is 9.88. The van der Waals surface area contributed by atoms with E-state index >= 15 is 0 Å². The van der Waals surface area contributed by atoms with Crippen LogP contribution in [0.1, 0.15) is 22.6 Å². The van der Waals surface area contributed by atoms with E-state index in [1.165, 1.54) is 44.1 Å². The fourth-order valence-corrected chi connectivity index (χ4v) is 9.21. The Morgan fingerprint density at radius 3 is 2.09 bits per heavy atom. The van der Waals surface area contributed by atoms with Crippen molar-refractivity contribution in [2.45, 2.75) is 5.92 Å². The summed E-state index contributed by atoms with van der Waals surface area (Å²) in [6.07, 6.45) is 0. The monoisotopic (exact) mass is 701 g/mol. The molecule has 0 spiro atoms. The molecular weight excluding hydrogens is 671 g/mol. The molecule has 0 unspecified atom stereocenters. The molecular formula is C51H31N3O. The van der Waals surface area contributed by atoms with Crippen LogP contribution >= 0.6 is 0 Å². The van der Waals surface area contributed by atoms with Crippen LogP contribution in [0.5, 0.6) is 0 Å². The Morgan fingerprint density at radius 2 is 1.20 bits per heavy atom. The van der Waals surface area contributed by atoms with Crippen LogP contribution < -0.4 is 0 Å². The molecule has 0 radical (unpaired) electrons. The maximum atomic E-state index is 6.99. The maximum Gasteiger partial charge on any atom is 0.161 e. The second-order valence-electron chi connectivity index (χ2n) is 14.4. The molecule has 8 aromatic carbocycles. The first-order valence-corrected chi connectivity index (χ1v) is 18.8. The summed E-state index contributed by atoms with van der Waals surface area (Å²) in [6, 6.07) is 64.7. The predicted molar refractivity (Wildman–Crippen MR) is 225 cm³/mol. The number of hydrogen-bond acceptors (Lipinski definition) is 3. The molecule has 3 heterocycles. The van der Waals surface area contributed by atoms with Crippen LogP contribution in [0.25, 0.3) is 94.1 Å². The van der Waals surface area contributed by atoms with E-state index in [4.69, 9.17) is 14.4 Å². The average Bonchev–Trinajstić information content (AvgIpc) is 3.92. The minimum absolute atomic E-state index is 0.0875. The quantitative estimate of drug-likeness (QED) is 0.183. The van der Waals surface area contributed by atoms with E-state index < -0.39 is 0 Å². The van der Waals surface area contributed by atoms with Crippen LogP contribution in [0, 0.1) is 0 Å². The summed E-state index contributed by atoms with van der Waals surface area (Å²) in [7, 11) is 0. The summed E-state index contributed by atoms with van der Waals surface area (Å²) in [4.78, 5) is 10.4. The molecule has 12 rings (SSSR count). The standard InChI is InChI=1S/C51H31N3O/c1-3-15-31(16-4-1)45-35-21-8-7-19-33(35)36-29-30-37-34-20-10-12-26-42(34)54(49(37)47(36)45)43-27-13-23-39-46-40(24-14-28-44(46)55-50(39)43)51-52-41-25-11-9-22-38(41)48(53-51)32-17-5-2-6-18-32/h1-30,45H/t45-/m0/s1. The van der Waals surface area contributed by atoms with Crippen molar-refractivity contribution in [2.24, 2.45) is 0 Å². The molecule has 0 aliphatic heterocycles. The fourth-order valence-electron chi connectivity index (χ4n) is 9.21. The van der Waals surface area contributed by atoms with Gasteiger partial charge in [0.2, 0.25) is 0 Å². The van der Waals surface area contributed by atoms with E-state index in [-0.39, 0.29) is 5.92 Å². The van der Waals surface area contributed by atoms with Crippen molar-refractivity contribution < 1.29 is 4.42 Å². The van der Waals surface area contributed by atoms with Gasteiger partial charge in [-0.15, -0.1) is 0 Å². The van der Waals surface area contributed by atoms with Gasteiger partial charge in [-0.3, -0.25) is 0 Å². The van der Waals surface area contributed by atoms with E-state index in [9.17, 15) is 0 Å². The molecule has 0 saturated heterocycles. The number of benzene rings is 8. The molecule has 256 valence electrons. The fraction of sp³-hybridized carbons (Fsp3) is 0.0196. The van der Waals surface area contributed by atoms with Crippen molar-refractivity contribution in [1.29, 1.82) is 0 Å². The van der Waals surface area contributed by atoms with Crippen molar-refractivity contribution >= 4 is 54.6 Å². The summed E-state index contributed by atoms with van der Waals surface area (Å²) in [5.74, 6) is 0.763. The lowest BCUT2D eigenvalue weighted by molar-refractivity contribution is 0.666. The van der Waals surface area contributed by atoms with Crippen LogP contribution in [0.2, 0.25) is 0 Å². The average molecular weight is 702 g/mol. The van der Waals surface area contributed by atoms with E-state index in [1.54, 1.807) is 0 Å². The van der Waals surface area contributed by atoms with Gasteiger partial charge in [-0.1, -0.05) is 158 Å². The van der Waals surface area contributed by atoms with Crippen LogP contribution in [0.3, 0.4) is 0 Å². The number of para-hydroxylation sites is 3. The third-order valence-electron chi connectivity index (χ3n) is 11.5. The lowest BCUT2D eigenvalue weighted by Gasteiger charge is -2.18. The smallest absolute Gasteiger partial charge is 0.161 e. The molecule has 0 fully saturated rings. The van der Waals surface area contributed by atoms with Gasteiger partial charge < -0.3 is 8.98 Å². The minimum Gasteiger partial charge on any atom is -0.454 e. The summed E-state index contributed by atoms with van der Waals surface area (Å²) in [5.41, 5.74) is 15.4. The Hall–Kier alpha value is -7.30. The zero-order valence-electron chi connectivity index (χ0n) is 29.6. The van der Waals surface area contributed by atoms with Gasteiger partial charge in [0, 0.05) is 44.0 Å². The SMILES string of the molecule is c1ccc(-c2nc(-c3cccc4oc5c(-n6c7ccccc7c7ccc8c(c76)[C@@H](c6ccccc6)c6ccccc6-8)cccc5c34)nc3ccccc23)cc1. The molecule has 0 amide bonds. The Kier molecular flexibility index (Phi) is 6.37. The highest BCUT2D eigenvalue weighted by molar-refractivity contribution is 6.17. The van der Waals surface area contributed by atoms with Crippen molar-refractivity contribution in [1.82, 2.24) is 14.5 Å². The largest absolute Gasteiger partial charge is 0.454 e. The van der Waals surface area contributed by atoms with Gasteiger partial charge in [0.15, 0.2) is 11.4 Å². The van der Waals surface area contributed by atoms with Crippen molar-refractivity contribution in [3.05, 3.63) is 199 Å². The maximum absolute atomic E-state index is 6.99. The summed E-state index contributed by atoms with van der Waals surface area (Å²) < 4.78 is 9.44. The highest BCUT2D eigenvalue weighted by Gasteiger charge is 2.34. The van der Waals surface area contributed by atoms with E-state index in [2.05, 4.69) is 174 Å². The molecule has 1 aliphatic carbocycles. The Morgan fingerprint density at radius 1 is 0.491 bits per heavy atom. The zero-order chi connectivity index (χ0) is 36.0. The molecule has 0 N–H and O–H groups in total. The van der Waals surface area contributed by atoms with Gasteiger partial charge in [0.05, 0.1) is 27.9 Å². The van der Waals surface area contributed by atoms with Gasteiger partial charge in [0.25, 0.3) is 0 Å². The third kappa shape index (κ3) is 4.34. The van der Waals surface area contributed by atoms with Gasteiger partial charge in [-0.2, -0.15) is 0 Å². The van der Waals surface area contributed by atoms with E-state index in [0.29, 0.717) is 5.82 Å². The number of hydrogen-bond donors (Lipinski definition) is 0. The molecule has 55 heavy (non-hydrogen) atoms. The first-order valence-electron chi connectivity index (χ1n) is 18.8. The molecule has 3 aromatic heterocycles. The van der Waals surface area contributed by atoms with Gasteiger partial charge in [-0.05, 0) is 52.1 Å². The van der Waals surface area contributed by atoms with Crippen LogP contribution in [-0.4, -0.2) is 14.5 Å². The van der Waals surface area contributed by atoms with Gasteiger partial charge in [-0.25, -0.2) is 9.97 Å². The topological polar surface area (TPSA) is 43.9 Å². The number of aromatic nitrogens is 3.